The van der Waals surface area contributed by atoms with E-state index >= 15 is 0 Å². The third-order valence-electron chi connectivity index (χ3n) is 3.28. The van der Waals surface area contributed by atoms with E-state index in [4.69, 9.17) is 5.11 Å². The molecule has 1 aromatic heterocycles. The molecule has 2 rings (SSSR count). The number of carbonyl (C=O) groups excluding carboxylic acids is 1. The van der Waals surface area contributed by atoms with E-state index in [1.54, 1.807) is 0 Å². The lowest BCUT2D eigenvalue weighted by molar-refractivity contribution is -0.138. The Kier molecular flexibility index (Phi) is 4.31. The van der Waals surface area contributed by atoms with Gasteiger partial charge in [0.25, 0.3) is 0 Å². The van der Waals surface area contributed by atoms with Crippen molar-refractivity contribution in [2.24, 2.45) is 0 Å². The number of carboxylic acid groups (broad SMARTS) is 1. The number of amides is 2. The molecule has 7 nitrogen and oxygen atoms in total. The second-order valence-corrected chi connectivity index (χ2v) is 5.56. The van der Waals surface area contributed by atoms with Gasteiger partial charge in [0.05, 0.1) is 18.2 Å². The van der Waals surface area contributed by atoms with Crippen LogP contribution in [-0.2, 0) is 4.79 Å². The molecular formula is C11H16N4O3S. The summed E-state index contributed by atoms with van der Waals surface area (Å²) in [7, 11) is 0. The maximum absolute atomic E-state index is 11.9. The Morgan fingerprint density at radius 1 is 1.37 bits per heavy atom. The van der Waals surface area contributed by atoms with Crippen LogP contribution in [0.5, 0.6) is 0 Å². The normalized spacial score (nSPS) is 17.7. The number of nitrogens with zero attached hydrogens (tertiary/aromatic N) is 2. The molecule has 1 fully saturated rings. The predicted octanol–water partition coefficient (Wildman–Crippen LogP) is 1.84. The van der Waals surface area contributed by atoms with Gasteiger partial charge in [-0.15, -0.1) is 5.10 Å². The average molecular weight is 284 g/mol. The number of rotatable bonds is 4. The van der Waals surface area contributed by atoms with Crippen LogP contribution in [0.25, 0.3) is 0 Å². The van der Waals surface area contributed by atoms with Crippen molar-refractivity contribution in [2.75, 3.05) is 5.32 Å². The standard InChI is InChI=1S/C11H16N4O3S/c16-9(17)6-11(4-2-1-3-5-11)14-10(18)13-8-7-12-15-19-8/h7H,1-6H2,(H,16,17)(H2,13,14,18). The fraction of sp³-hybridized carbons (Fsp3) is 0.636. The molecule has 0 unspecified atom stereocenters. The van der Waals surface area contributed by atoms with Gasteiger partial charge in [-0.2, -0.15) is 0 Å². The van der Waals surface area contributed by atoms with Crippen LogP contribution in [-0.4, -0.2) is 32.2 Å². The van der Waals surface area contributed by atoms with Crippen LogP contribution >= 0.6 is 11.5 Å². The minimum atomic E-state index is -0.887. The lowest BCUT2D eigenvalue weighted by Crippen LogP contribution is -2.52. The third kappa shape index (κ3) is 3.88. The first-order valence-corrected chi connectivity index (χ1v) is 6.95. The monoisotopic (exact) mass is 284 g/mol. The number of hydrogen-bond acceptors (Lipinski definition) is 5. The summed E-state index contributed by atoms with van der Waals surface area (Å²) in [5.41, 5.74) is -0.633. The maximum atomic E-state index is 11.9. The molecule has 1 saturated carbocycles. The van der Waals surface area contributed by atoms with Gasteiger partial charge in [-0.05, 0) is 12.8 Å². The van der Waals surface area contributed by atoms with E-state index in [1.165, 1.54) is 6.20 Å². The van der Waals surface area contributed by atoms with Gasteiger partial charge < -0.3 is 10.4 Å². The number of hydrogen-bond donors (Lipinski definition) is 3. The summed E-state index contributed by atoms with van der Waals surface area (Å²) in [4.78, 5) is 22.9. The van der Waals surface area contributed by atoms with Gasteiger partial charge in [-0.25, -0.2) is 4.79 Å². The molecule has 0 aromatic carbocycles. The average Bonchev–Trinajstić information content (AvgIpc) is 2.81. The zero-order valence-electron chi connectivity index (χ0n) is 10.4. The molecule has 19 heavy (non-hydrogen) atoms. The van der Waals surface area contributed by atoms with Crippen LogP contribution in [0.1, 0.15) is 38.5 Å². The van der Waals surface area contributed by atoms with Crippen molar-refractivity contribution < 1.29 is 14.7 Å². The molecule has 0 radical (unpaired) electrons. The van der Waals surface area contributed by atoms with E-state index in [0.29, 0.717) is 17.8 Å². The Balaban J connectivity index is 1.98. The molecule has 2 amide bonds. The molecule has 8 heteroatoms. The Bertz CT molecular complexity index is 443. The van der Waals surface area contributed by atoms with Crippen LogP contribution in [0.4, 0.5) is 9.80 Å². The zero-order valence-corrected chi connectivity index (χ0v) is 11.2. The number of nitrogens with one attached hydrogen (secondary N) is 2. The molecule has 1 aliphatic rings. The van der Waals surface area contributed by atoms with Crippen molar-refractivity contribution >= 4 is 28.5 Å². The Labute approximate surface area is 114 Å². The Morgan fingerprint density at radius 2 is 2.11 bits per heavy atom. The summed E-state index contributed by atoms with van der Waals surface area (Å²) in [6.07, 6.45) is 5.78. The van der Waals surface area contributed by atoms with Gasteiger partial charge in [-0.1, -0.05) is 23.8 Å². The predicted molar refractivity (Wildman–Crippen MR) is 70.1 cm³/mol. The fourth-order valence-corrected chi connectivity index (χ4v) is 2.89. The highest BCUT2D eigenvalue weighted by atomic mass is 32.1. The Hall–Kier alpha value is -1.70. The molecule has 0 saturated heterocycles. The molecule has 104 valence electrons. The zero-order chi connectivity index (χ0) is 13.7. The van der Waals surface area contributed by atoms with E-state index in [9.17, 15) is 9.59 Å². The number of carboxylic acids is 1. The van der Waals surface area contributed by atoms with E-state index in [-0.39, 0.29) is 6.42 Å². The second-order valence-electron chi connectivity index (χ2n) is 4.77. The van der Waals surface area contributed by atoms with Crippen LogP contribution in [0.3, 0.4) is 0 Å². The van der Waals surface area contributed by atoms with Crippen molar-refractivity contribution in [3.05, 3.63) is 6.20 Å². The number of carbonyl (C=O) groups is 2. The van der Waals surface area contributed by atoms with Gasteiger partial charge in [0, 0.05) is 11.5 Å². The highest BCUT2D eigenvalue weighted by Crippen LogP contribution is 2.31. The van der Waals surface area contributed by atoms with Crippen LogP contribution in [0, 0.1) is 0 Å². The first-order chi connectivity index (χ1) is 9.10. The van der Waals surface area contributed by atoms with Crippen LogP contribution < -0.4 is 10.6 Å². The molecule has 3 N–H and O–H groups in total. The number of aliphatic carboxylic acids is 1. The smallest absolute Gasteiger partial charge is 0.320 e. The number of urea groups is 1. The van der Waals surface area contributed by atoms with E-state index in [1.807, 2.05) is 0 Å². The van der Waals surface area contributed by atoms with E-state index < -0.39 is 17.5 Å². The second kappa shape index (κ2) is 5.96. The first kappa shape index (κ1) is 13.7. The first-order valence-electron chi connectivity index (χ1n) is 6.18. The molecule has 1 aromatic rings. The molecule has 0 bridgehead atoms. The fourth-order valence-electron chi connectivity index (χ4n) is 2.47. The van der Waals surface area contributed by atoms with Crippen LogP contribution in [0.2, 0.25) is 0 Å². The van der Waals surface area contributed by atoms with Gasteiger partial charge >= 0.3 is 12.0 Å². The molecule has 0 atom stereocenters. The SMILES string of the molecule is O=C(O)CC1(NC(=O)Nc2cnns2)CCCCC1. The number of anilines is 1. The molecule has 0 spiro atoms. The maximum Gasteiger partial charge on any atom is 0.320 e. The van der Waals surface area contributed by atoms with Crippen molar-refractivity contribution in [1.29, 1.82) is 0 Å². The lowest BCUT2D eigenvalue weighted by Gasteiger charge is -2.36. The molecule has 1 aliphatic carbocycles. The largest absolute Gasteiger partial charge is 0.481 e. The topological polar surface area (TPSA) is 104 Å². The van der Waals surface area contributed by atoms with Gasteiger partial charge in [0.15, 0.2) is 0 Å². The molecule has 0 aliphatic heterocycles. The number of aromatic nitrogens is 2. The van der Waals surface area contributed by atoms with Crippen molar-refractivity contribution in [3.8, 4) is 0 Å². The molecular weight excluding hydrogens is 268 g/mol. The lowest BCUT2D eigenvalue weighted by atomic mass is 9.79. The highest BCUT2D eigenvalue weighted by Gasteiger charge is 2.35. The summed E-state index contributed by atoms with van der Waals surface area (Å²) in [5, 5.41) is 18.6. The molecule has 1 heterocycles. The minimum Gasteiger partial charge on any atom is -0.481 e. The summed E-state index contributed by atoms with van der Waals surface area (Å²) in [6.45, 7) is 0. The van der Waals surface area contributed by atoms with E-state index in [2.05, 4.69) is 20.2 Å². The summed E-state index contributed by atoms with van der Waals surface area (Å²) in [6, 6.07) is -0.394. The van der Waals surface area contributed by atoms with Crippen molar-refractivity contribution in [1.82, 2.24) is 14.9 Å². The summed E-state index contributed by atoms with van der Waals surface area (Å²) in [5.74, 6) is -0.887. The van der Waals surface area contributed by atoms with Gasteiger partial charge in [-0.3, -0.25) is 10.1 Å². The van der Waals surface area contributed by atoms with Gasteiger partial charge in [0.2, 0.25) is 0 Å². The Morgan fingerprint density at radius 3 is 2.68 bits per heavy atom. The third-order valence-corrected chi connectivity index (χ3v) is 3.86. The van der Waals surface area contributed by atoms with Gasteiger partial charge in [0.1, 0.15) is 5.00 Å². The van der Waals surface area contributed by atoms with Crippen molar-refractivity contribution in [3.63, 3.8) is 0 Å². The van der Waals surface area contributed by atoms with E-state index in [0.717, 1.165) is 30.8 Å². The highest BCUT2D eigenvalue weighted by molar-refractivity contribution is 7.10. The van der Waals surface area contributed by atoms with Crippen LogP contribution in [0.15, 0.2) is 6.20 Å². The van der Waals surface area contributed by atoms with Crippen molar-refractivity contribution in [2.45, 2.75) is 44.1 Å². The minimum absolute atomic E-state index is 0.0403. The quantitative estimate of drug-likeness (QED) is 0.782. The summed E-state index contributed by atoms with van der Waals surface area (Å²) >= 11 is 1.08. The summed E-state index contributed by atoms with van der Waals surface area (Å²) < 4.78 is 3.64.